The highest BCUT2D eigenvalue weighted by molar-refractivity contribution is 5.35. The molecule has 5 aliphatic carbocycles. The fraction of sp³-hybridized carbons (Fsp3) is 0.933. The molecule has 4 N–H and O–H groups in total. The molecule has 4 nitrogen and oxygen atoms in total. The van der Waals surface area contributed by atoms with E-state index in [-0.39, 0.29) is 52.3 Å². The van der Waals surface area contributed by atoms with E-state index in [9.17, 15) is 20.4 Å². The number of aliphatic hydroxyl groups excluding tert-OH is 4. The molecule has 0 radical (unpaired) electrons. The number of fused-ring (bicyclic) bond motifs is 7. The largest absolute Gasteiger partial charge is 0.396 e. The van der Waals surface area contributed by atoms with Crippen LogP contribution in [-0.4, -0.2) is 45.8 Å². The van der Waals surface area contributed by atoms with Crippen LogP contribution in [0.5, 0.6) is 0 Å². The van der Waals surface area contributed by atoms with Gasteiger partial charge in [-0.2, -0.15) is 0 Å². The molecule has 5 rings (SSSR count). The van der Waals surface area contributed by atoms with E-state index in [1.807, 2.05) is 0 Å². The van der Waals surface area contributed by atoms with Crippen molar-refractivity contribution in [3.63, 3.8) is 0 Å². The van der Waals surface area contributed by atoms with Crippen molar-refractivity contribution in [2.45, 2.75) is 112 Å². The summed E-state index contributed by atoms with van der Waals surface area (Å²) in [5, 5.41) is 43.5. The van der Waals surface area contributed by atoms with Crippen LogP contribution in [0.1, 0.15) is 99.3 Å². The molecule has 10 unspecified atom stereocenters. The fourth-order valence-electron chi connectivity index (χ4n) is 10.8. The van der Waals surface area contributed by atoms with Gasteiger partial charge in [0.15, 0.2) is 0 Å². The molecule has 5 aliphatic rings. The Hall–Kier alpha value is -0.420. The molecule has 10 atom stereocenters. The molecule has 0 aromatic heterocycles. The summed E-state index contributed by atoms with van der Waals surface area (Å²) in [6.45, 7) is 14.4. The highest BCUT2D eigenvalue weighted by Crippen LogP contribution is 2.75. The van der Waals surface area contributed by atoms with Crippen LogP contribution in [0.15, 0.2) is 11.6 Å². The lowest BCUT2D eigenvalue weighted by molar-refractivity contribution is -0.219. The summed E-state index contributed by atoms with van der Waals surface area (Å²) in [6.07, 6.45) is 10.3. The highest BCUT2D eigenvalue weighted by atomic mass is 16.3. The van der Waals surface area contributed by atoms with Crippen molar-refractivity contribution in [2.75, 3.05) is 13.2 Å². The third-order valence-corrected chi connectivity index (χ3v) is 13.4. The summed E-state index contributed by atoms with van der Waals surface area (Å²) < 4.78 is 0. The lowest BCUT2D eigenvalue weighted by Crippen LogP contribution is -2.67. The maximum atomic E-state index is 11.7. The van der Waals surface area contributed by atoms with E-state index in [0.717, 1.165) is 57.8 Å². The van der Waals surface area contributed by atoms with E-state index in [1.54, 1.807) is 0 Å². The summed E-state index contributed by atoms with van der Waals surface area (Å²) in [5.41, 5.74) is 0.945. The van der Waals surface area contributed by atoms with Gasteiger partial charge in [-0.25, -0.2) is 0 Å². The van der Waals surface area contributed by atoms with Gasteiger partial charge < -0.3 is 20.4 Å². The number of allylic oxidation sites excluding steroid dienone is 2. The van der Waals surface area contributed by atoms with Crippen LogP contribution >= 0.6 is 0 Å². The van der Waals surface area contributed by atoms with Crippen molar-refractivity contribution in [1.82, 2.24) is 0 Å². The third kappa shape index (κ3) is 2.92. The average Bonchev–Trinajstić information content (AvgIpc) is 2.77. The molecule has 4 heteroatoms. The maximum Gasteiger partial charge on any atom is 0.0632 e. The van der Waals surface area contributed by atoms with Crippen LogP contribution in [0.2, 0.25) is 0 Å². The minimum absolute atomic E-state index is 0.0276. The predicted octanol–water partition coefficient (Wildman–Crippen LogP) is 5.08. The topological polar surface area (TPSA) is 80.9 Å². The summed E-state index contributed by atoms with van der Waals surface area (Å²) in [4.78, 5) is 0. The summed E-state index contributed by atoms with van der Waals surface area (Å²) in [6, 6.07) is 0. The van der Waals surface area contributed by atoms with Crippen molar-refractivity contribution in [1.29, 1.82) is 0 Å². The molecule has 0 spiro atoms. The minimum Gasteiger partial charge on any atom is -0.396 e. The lowest BCUT2D eigenvalue weighted by Gasteiger charge is -2.72. The molecule has 0 amide bonds. The second-order valence-electron chi connectivity index (χ2n) is 15.0. The molecule has 4 fully saturated rings. The van der Waals surface area contributed by atoms with Gasteiger partial charge in [0.1, 0.15) is 0 Å². The van der Waals surface area contributed by atoms with E-state index in [4.69, 9.17) is 0 Å². The molecule has 34 heavy (non-hydrogen) atoms. The normalized spacial score (nSPS) is 56.4. The van der Waals surface area contributed by atoms with Crippen molar-refractivity contribution in [2.24, 2.45) is 50.2 Å². The van der Waals surface area contributed by atoms with Gasteiger partial charge in [0.25, 0.3) is 0 Å². The highest BCUT2D eigenvalue weighted by Gasteiger charge is 2.69. The molecular weight excluding hydrogens is 424 g/mol. The zero-order valence-corrected chi connectivity index (χ0v) is 22.5. The number of hydrogen-bond donors (Lipinski definition) is 4. The summed E-state index contributed by atoms with van der Waals surface area (Å²) in [7, 11) is 0. The monoisotopic (exact) mass is 474 g/mol. The van der Waals surface area contributed by atoms with Crippen LogP contribution in [0.25, 0.3) is 0 Å². The quantitative estimate of drug-likeness (QED) is 0.421. The van der Waals surface area contributed by atoms with E-state index >= 15 is 0 Å². The predicted molar refractivity (Wildman–Crippen MR) is 135 cm³/mol. The maximum absolute atomic E-state index is 11.7. The van der Waals surface area contributed by atoms with Gasteiger partial charge in [-0.05, 0) is 103 Å². The van der Waals surface area contributed by atoms with Gasteiger partial charge >= 0.3 is 0 Å². The average molecular weight is 475 g/mol. The van der Waals surface area contributed by atoms with Gasteiger partial charge in [0.05, 0.1) is 18.8 Å². The first kappa shape index (κ1) is 25.2. The standard InChI is InChI=1S/C30H50O4/c1-25(2)21-9-12-28(5)22(27(21,4)11-10-23(25)33)8-7-19-20-15-26(3,17-31)13-14-30(20,18-32)24(34)16-29(19,28)6/h7,20-24,31-34H,8-18H2,1-6H3. The van der Waals surface area contributed by atoms with E-state index in [2.05, 4.69) is 47.6 Å². The van der Waals surface area contributed by atoms with Crippen molar-refractivity contribution < 1.29 is 20.4 Å². The van der Waals surface area contributed by atoms with Gasteiger partial charge in [-0.1, -0.05) is 53.2 Å². The molecule has 0 aromatic rings. The van der Waals surface area contributed by atoms with E-state index in [0.29, 0.717) is 11.8 Å². The zero-order chi connectivity index (χ0) is 24.9. The minimum atomic E-state index is -0.515. The molecule has 0 heterocycles. The van der Waals surface area contributed by atoms with Crippen LogP contribution in [-0.2, 0) is 0 Å². The van der Waals surface area contributed by atoms with Gasteiger partial charge in [0.2, 0.25) is 0 Å². The molecule has 0 bridgehead atoms. The Balaban J connectivity index is 1.60. The third-order valence-electron chi connectivity index (χ3n) is 13.4. The molecule has 194 valence electrons. The van der Waals surface area contributed by atoms with Crippen LogP contribution in [0.4, 0.5) is 0 Å². The van der Waals surface area contributed by atoms with Gasteiger partial charge in [-0.15, -0.1) is 0 Å². The molecule has 0 aromatic carbocycles. The smallest absolute Gasteiger partial charge is 0.0632 e. The second kappa shape index (κ2) is 7.55. The van der Waals surface area contributed by atoms with Crippen molar-refractivity contribution in [3.8, 4) is 0 Å². The van der Waals surface area contributed by atoms with Crippen molar-refractivity contribution >= 4 is 0 Å². The fourth-order valence-corrected chi connectivity index (χ4v) is 10.8. The SMILES string of the molecule is CC1(CO)CCC2(CO)C(O)CC3(C)C(=CCC4C5(C)CCC(O)C(C)(C)C5CCC43C)C2C1. The number of hydrogen-bond acceptors (Lipinski definition) is 4. The Bertz CT molecular complexity index is 866. The Labute approximate surface area is 207 Å². The molecule has 4 saturated carbocycles. The van der Waals surface area contributed by atoms with Crippen molar-refractivity contribution in [3.05, 3.63) is 11.6 Å². The van der Waals surface area contributed by atoms with E-state index < -0.39 is 11.5 Å². The van der Waals surface area contributed by atoms with Crippen LogP contribution < -0.4 is 0 Å². The Morgan fingerprint density at radius 2 is 1.50 bits per heavy atom. The lowest BCUT2D eigenvalue weighted by atomic mass is 9.33. The molecule has 0 saturated heterocycles. The Morgan fingerprint density at radius 1 is 0.794 bits per heavy atom. The zero-order valence-electron chi connectivity index (χ0n) is 22.5. The molecular formula is C30H50O4. The Kier molecular flexibility index (Phi) is 5.61. The van der Waals surface area contributed by atoms with Gasteiger partial charge in [0, 0.05) is 12.0 Å². The first-order valence-corrected chi connectivity index (χ1v) is 14.0. The Morgan fingerprint density at radius 3 is 2.15 bits per heavy atom. The first-order chi connectivity index (χ1) is 15.7. The number of aliphatic hydroxyl groups is 4. The van der Waals surface area contributed by atoms with E-state index in [1.165, 1.54) is 5.57 Å². The summed E-state index contributed by atoms with van der Waals surface area (Å²) >= 11 is 0. The second-order valence-corrected chi connectivity index (χ2v) is 15.0. The molecule has 0 aliphatic heterocycles. The van der Waals surface area contributed by atoms with Crippen LogP contribution in [0, 0.1) is 50.2 Å². The van der Waals surface area contributed by atoms with Gasteiger partial charge in [-0.3, -0.25) is 0 Å². The van der Waals surface area contributed by atoms with Crippen LogP contribution in [0.3, 0.4) is 0 Å². The number of rotatable bonds is 2. The first-order valence-electron chi connectivity index (χ1n) is 14.0. The summed E-state index contributed by atoms with van der Waals surface area (Å²) in [5.74, 6) is 1.17.